The van der Waals surface area contributed by atoms with Gasteiger partial charge in [-0.15, -0.1) is 0 Å². The first kappa shape index (κ1) is 12.8. The third kappa shape index (κ3) is 2.99. The van der Waals surface area contributed by atoms with E-state index in [4.69, 9.17) is 4.74 Å². The molecule has 1 aromatic rings. The summed E-state index contributed by atoms with van der Waals surface area (Å²) in [7, 11) is 0. The summed E-state index contributed by atoms with van der Waals surface area (Å²) in [5, 5.41) is 0.858. The van der Waals surface area contributed by atoms with Crippen LogP contribution in [-0.2, 0) is 10.1 Å². The van der Waals surface area contributed by atoms with Crippen LogP contribution in [0.3, 0.4) is 0 Å². The molecule has 0 amide bonds. The van der Waals surface area contributed by atoms with Crippen LogP contribution in [0.1, 0.15) is 25.8 Å². The van der Waals surface area contributed by atoms with Crippen molar-refractivity contribution in [3.63, 3.8) is 0 Å². The molecule has 0 spiro atoms. The van der Waals surface area contributed by atoms with Crippen LogP contribution in [-0.4, -0.2) is 30.3 Å². The van der Waals surface area contributed by atoms with Gasteiger partial charge in [0.05, 0.1) is 18.8 Å². The van der Waals surface area contributed by atoms with Gasteiger partial charge >= 0.3 is 0 Å². The Morgan fingerprint density at radius 1 is 1.53 bits per heavy atom. The van der Waals surface area contributed by atoms with E-state index in [1.165, 1.54) is 5.56 Å². The van der Waals surface area contributed by atoms with Gasteiger partial charge in [-0.3, -0.25) is 0 Å². The zero-order valence-electron chi connectivity index (χ0n) is 10.4. The predicted molar refractivity (Wildman–Crippen MR) is 73.7 cm³/mol. The third-order valence-electron chi connectivity index (χ3n) is 3.20. The van der Waals surface area contributed by atoms with Gasteiger partial charge in [0.2, 0.25) is 0 Å². The summed E-state index contributed by atoms with van der Waals surface area (Å²) in [6.45, 7) is 6.05. The summed E-state index contributed by atoms with van der Waals surface area (Å²) in [5.74, 6) is 1.07. The zero-order valence-corrected chi connectivity index (χ0v) is 12.0. The lowest BCUT2D eigenvalue weighted by Gasteiger charge is -2.39. The van der Waals surface area contributed by atoms with Gasteiger partial charge < -0.3 is 9.64 Å². The number of rotatable bonds is 3. The van der Waals surface area contributed by atoms with Gasteiger partial charge in [-0.25, -0.2) is 4.98 Å². The van der Waals surface area contributed by atoms with Crippen molar-refractivity contribution in [1.29, 1.82) is 0 Å². The molecule has 1 aromatic heterocycles. The van der Waals surface area contributed by atoms with Gasteiger partial charge in [0.1, 0.15) is 5.82 Å². The van der Waals surface area contributed by atoms with E-state index in [9.17, 15) is 0 Å². The molecule has 0 saturated carbocycles. The summed E-state index contributed by atoms with van der Waals surface area (Å²) in [6.07, 6.45) is 3.32. The fourth-order valence-electron chi connectivity index (χ4n) is 2.13. The average molecular weight is 299 g/mol. The first-order valence-corrected chi connectivity index (χ1v) is 7.26. The van der Waals surface area contributed by atoms with Crippen LogP contribution in [0.5, 0.6) is 0 Å². The number of pyridine rings is 1. The van der Waals surface area contributed by atoms with Crippen LogP contribution in [0, 0.1) is 0 Å². The molecule has 1 aliphatic rings. The number of ether oxygens (including phenoxy) is 1. The second-order valence-corrected chi connectivity index (χ2v) is 5.08. The number of hydrogen-bond acceptors (Lipinski definition) is 3. The molecule has 0 bridgehead atoms. The molecule has 2 rings (SSSR count). The van der Waals surface area contributed by atoms with Gasteiger partial charge in [-0.1, -0.05) is 28.9 Å². The zero-order chi connectivity index (χ0) is 12.3. The highest BCUT2D eigenvalue weighted by molar-refractivity contribution is 9.08. The second-order valence-electron chi connectivity index (χ2n) is 4.52. The maximum Gasteiger partial charge on any atom is 0.128 e. The standard InChI is InChI=1S/C13H19BrN2O/c1-3-12-9-17-10(2)8-16(12)13-5-4-11(6-14)7-15-13/h4-5,7,10,12H,3,6,8-9H2,1-2H3. The Kier molecular flexibility index (Phi) is 4.40. The maximum atomic E-state index is 5.70. The Morgan fingerprint density at radius 2 is 2.35 bits per heavy atom. The summed E-state index contributed by atoms with van der Waals surface area (Å²) >= 11 is 3.44. The fourth-order valence-corrected chi connectivity index (χ4v) is 2.46. The van der Waals surface area contributed by atoms with E-state index in [1.807, 2.05) is 6.20 Å². The van der Waals surface area contributed by atoms with Gasteiger partial charge in [0.25, 0.3) is 0 Å². The Bertz CT molecular complexity index is 355. The first-order chi connectivity index (χ1) is 8.24. The van der Waals surface area contributed by atoms with E-state index < -0.39 is 0 Å². The molecular weight excluding hydrogens is 280 g/mol. The molecule has 1 fully saturated rings. The lowest BCUT2D eigenvalue weighted by atomic mass is 10.1. The van der Waals surface area contributed by atoms with Gasteiger partial charge in [0, 0.05) is 18.1 Å². The van der Waals surface area contributed by atoms with Crippen LogP contribution >= 0.6 is 15.9 Å². The molecule has 2 heterocycles. The minimum atomic E-state index is 0.287. The minimum Gasteiger partial charge on any atom is -0.375 e. The average Bonchev–Trinajstić information content (AvgIpc) is 2.39. The van der Waals surface area contributed by atoms with Crippen LogP contribution in [0.15, 0.2) is 18.3 Å². The van der Waals surface area contributed by atoms with Crippen molar-refractivity contribution in [1.82, 2.24) is 4.98 Å². The van der Waals surface area contributed by atoms with E-state index in [1.54, 1.807) is 0 Å². The van der Waals surface area contributed by atoms with Crippen molar-refractivity contribution in [2.24, 2.45) is 0 Å². The van der Waals surface area contributed by atoms with Crippen molar-refractivity contribution in [2.45, 2.75) is 37.7 Å². The molecule has 0 radical (unpaired) electrons. The molecule has 2 unspecified atom stereocenters. The molecule has 94 valence electrons. The van der Waals surface area contributed by atoms with E-state index in [0.717, 1.165) is 30.7 Å². The van der Waals surface area contributed by atoms with Crippen LogP contribution < -0.4 is 4.90 Å². The maximum absolute atomic E-state index is 5.70. The largest absolute Gasteiger partial charge is 0.375 e. The fraction of sp³-hybridized carbons (Fsp3) is 0.615. The second kappa shape index (κ2) is 5.83. The number of alkyl halides is 1. The van der Waals surface area contributed by atoms with E-state index >= 15 is 0 Å². The van der Waals surface area contributed by atoms with Gasteiger partial charge in [0.15, 0.2) is 0 Å². The highest BCUT2D eigenvalue weighted by atomic mass is 79.9. The molecular formula is C13H19BrN2O. The Balaban J connectivity index is 2.16. The Morgan fingerprint density at radius 3 is 2.94 bits per heavy atom. The van der Waals surface area contributed by atoms with Crippen molar-refractivity contribution >= 4 is 21.7 Å². The first-order valence-electron chi connectivity index (χ1n) is 6.13. The Labute approximate surface area is 111 Å². The molecule has 4 heteroatoms. The van der Waals surface area contributed by atoms with E-state index in [-0.39, 0.29) is 6.10 Å². The topological polar surface area (TPSA) is 25.4 Å². The molecule has 1 aliphatic heterocycles. The normalized spacial score (nSPS) is 25.0. The lowest BCUT2D eigenvalue weighted by molar-refractivity contribution is 0.0296. The minimum absolute atomic E-state index is 0.287. The lowest BCUT2D eigenvalue weighted by Crippen LogP contribution is -2.49. The summed E-state index contributed by atoms with van der Waals surface area (Å²) in [4.78, 5) is 6.91. The number of nitrogens with zero attached hydrogens (tertiary/aromatic N) is 2. The number of halogens is 1. The smallest absolute Gasteiger partial charge is 0.128 e. The van der Waals surface area contributed by atoms with Crippen molar-refractivity contribution in [3.8, 4) is 0 Å². The van der Waals surface area contributed by atoms with Crippen molar-refractivity contribution in [3.05, 3.63) is 23.9 Å². The molecule has 0 N–H and O–H groups in total. The third-order valence-corrected chi connectivity index (χ3v) is 3.84. The summed E-state index contributed by atoms with van der Waals surface area (Å²) in [6, 6.07) is 4.69. The van der Waals surface area contributed by atoms with Crippen LogP contribution in [0.2, 0.25) is 0 Å². The number of morpholine rings is 1. The van der Waals surface area contributed by atoms with Crippen molar-refractivity contribution < 1.29 is 4.74 Å². The van der Waals surface area contributed by atoms with Gasteiger partial charge in [-0.2, -0.15) is 0 Å². The van der Waals surface area contributed by atoms with Crippen LogP contribution in [0.4, 0.5) is 5.82 Å². The molecule has 0 aliphatic carbocycles. The van der Waals surface area contributed by atoms with E-state index in [2.05, 4.69) is 51.8 Å². The predicted octanol–water partition coefficient (Wildman–Crippen LogP) is 2.98. The van der Waals surface area contributed by atoms with E-state index in [0.29, 0.717) is 6.04 Å². The summed E-state index contributed by atoms with van der Waals surface area (Å²) < 4.78 is 5.70. The molecule has 2 atom stereocenters. The molecule has 3 nitrogen and oxygen atoms in total. The number of aromatic nitrogens is 1. The highest BCUT2D eigenvalue weighted by Gasteiger charge is 2.26. The quantitative estimate of drug-likeness (QED) is 0.802. The SMILES string of the molecule is CCC1COC(C)CN1c1ccc(CBr)cn1. The number of anilines is 1. The Hall–Kier alpha value is -0.610. The molecule has 1 saturated heterocycles. The monoisotopic (exact) mass is 298 g/mol. The van der Waals surface area contributed by atoms with Crippen molar-refractivity contribution in [2.75, 3.05) is 18.1 Å². The highest BCUT2D eigenvalue weighted by Crippen LogP contribution is 2.22. The van der Waals surface area contributed by atoms with Gasteiger partial charge in [-0.05, 0) is 25.0 Å². The molecule has 17 heavy (non-hydrogen) atoms. The number of hydrogen-bond donors (Lipinski definition) is 0. The van der Waals surface area contributed by atoms with Crippen LogP contribution in [0.25, 0.3) is 0 Å². The summed E-state index contributed by atoms with van der Waals surface area (Å²) in [5.41, 5.74) is 1.21. The molecule has 0 aromatic carbocycles.